The zero-order chi connectivity index (χ0) is 19.0. The standard InChI is InChI=1S/C17H11BrClFN6O/c18-13-14(23-26-7-3-6-21-16(13)26)17(27)22-15-11(19)9-25(24-15)8-10-4-1-2-5-12(10)20/h1-7,9H,8H2,(H,22,24,27). The highest BCUT2D eigenvalue weighted by Gasteiger charge is 2.20. The average Bonchev–Trinajstić information content (AvgIpc) is 3.17. The van der Waals surface area contributed by atoms with Gasteiger partial charge in [0.15, 0.2) is 17.2 Å². The van der Waals surface area contributed by atoms with E-state index < -0.39 is 5.91 Å². The van der Waals surface area contributed by atoms with Crippen molar-refractivity contribution in [2.45, 2.75) is 6.54 Å². The molecule has 0 spiro atoms. The predicted octanol–water partition coefficient (Wildman–Crippen LogP) is 3.78. The van der Waals surface area contributed by atoms with Gasteiger partial charge in [0.25, 0.3) is 5.91 Å². The van der Waals surface area contributed by atoms with Gasteiger partial charge in [0, 0.05) is 24.2 Å². The van der Waals surface area contributed by atoms with Gasteiger partial charge in [-0.3, -0.25) is 9.48 Å². The van der Waals surface area contributed by atoms with Gasteiger partial charge in [0.05, 0.1) is 11.0 Å². The van der Waals surface area contributed by atoms with Crippen LogP contribution in [-0.4, -0.2) is 30.3 Å². The number of amides is 1. The van der Waals surface area contributed by atoms with Crippen LogP contribution in [0.1, 0.15) is 16.1 Å². The zero-order valence-electron chi connectivity index (χ0n) is 13.6. The first kappa shape index (κ1) is 17.6. The number of aromatic nitrogens is 5. The summed E-state index contributed by atoms with van der Waals surface area (Å²) >= 11 is 9.49. The molecule has 0 bridgehead atoms. The van der Waals surface area contributed by atoms with Crippen LogP contribution in [0, 0.1) is 5.82 Å². The van der Waals surface area contributed by atoms with Crippen molar-refractivity contribution in [3.8, 4) is 0 Å². The van der Waals surface area contributed by atoms with Crippen molar-refractivity contribution in [2.24, 2.45) is 0 Å². The maximum absolute atomic E-state index is 13.8. The molecule has 0 aliphatic rings. The molecule has 27 heavy (non-hydrogen) atoms. The van der Waals surface area contributed by atoms with Crippen LogP contribution >= 0.6 is 27.5 Å². The van der Waals surface area contributed by atoms with Gasteiger partial charge < -0.3 is 5.32 Å². The van der Waals surface area contributed by atoms with Gasteiger partial charge in [-0.05, 0) is 28.1 Å². The van der Waals surface area contributed by atoms with Gasteiger partial charge in [-0.2, -0.15) is 10.2 Å². The maximum Gasteiger partial charge on any atom is 0.278 e. The summed E-state index contributed by atoms with van der Waals surface area (Å²) in [6, 6.07) is 8.08. The Labute approximate surface area is 165 Å². The Morgan fingerprint density at radius 3 is 2.85 bits per heavy atom. The molecule has 136 valence electrons. The summed E-state index contributed by atoms with van der Waals surface area (Å²) in [4.78, 5) is 16.7. The lowest BCUT2D eigenvalue weighted by molar-refractivity contribution is 0.102. The fourth-order valence-corrected chi connectivity index (χ4v) is 3.28. The Hall–Kier alpha value is -2.78. The minimum Gasteiger partial charge on any atom is -0.302 e. The first-order valence-electron chi connectivity index (χ1n) is 7.79. The van der Waals surface area contributed by atoms with E-state index in [1.807, 2.05) is 0 Å². The van der Waals surface area contributed by atoms with E-state index in [0.717, 1.165) is 0 Å². The molecule has 4 rings (SSSR count). The molecule has 4 aromatic rings. The van der Waals surface area contributed by atoms with Crippen LogP contribution < -0.4 is 5.32 Å². The van der Waals surface area contributed by atoms with Gasteiger partial charge >= 0.3 is 0 Å². The first-order chi connectivity index (χ1) is 13.0. The summed E-state index contributed by atoms with van der Waals surface area (Å²) in [5.41, 5.74) is 1.12. The molecular formula is C17H11BrClFN6O. The van der Waals surface area contributed by atoms with Crippen molar-refractivity contribution in [1.29, 1.82) is 0 Å². The molecular weight excluding hydrogens is 439 g/mol. The Morgan fingerprint density at radius 1 is 1.26 bits per heavy atom. The molecule has 0 radical (unpaired) electrons. The van der Waals surface area contributed by atoms with Crippen LogP contribution in [0.25, 0.3) is 5.65 Å². The molecule has 0 atom stereocenters. The van der Waals surface area contributed by atoms with Gasteiger partial charge in [-0.15, -0.1) is 0 Å². The van der Waals surface area contributed by atoms with E-state index in [2.05, 4.69) is 36.4 Å². The summed E-state index contributed by atoms with van der Waals surface area (Å²) in [7, 11) is 0. The second kappa shape index (κ2) is 7.09. The molecule has 7 nitrogen and oxygen atoms in total. The molecule has 10 heteroatoms. The minimum absolute atomic E-state index is 0.147. The van der Waals surface area contributed by atoms with Crippen molar-refractivity contribution in [3.63, 3.8) is 0 Å². The number of hydrogen-bond acceptors (Lipinski definition) is 4. The number of halogens is 3. The van der Waals surface area contributed by atoms with Gasteiger partial charge in [-0.25, -0.2) is 13.9 Å². The minimum atomic E-state index is -0.495. The third kappa shape index (κ3) is 3.43. The number of hydrogen-bond donors (Lipinski definition) is 1. The number of carbonyl (C=O) groups excluding carboxylic acids is 1. The van der Waals surface area contributed by atoms with Gasteiger partial charge in [0.1, 0.15) is 10.8 Å². The largest absolute Gasteiger partial charge is 0.302 e. The maximum atomic E-state index is 13.8. The zero-order valence-corrected chi connectivity index (χ0v) is 15.9. The van der Waals surface area contributed by atoms with Crippen LogP contribution in [0.15, 0.2) is 53.4 Å². The van der Waals surface area contributed by atoms with Crippen LogP contribution in [0.4, 0.5) is 10.2 Å². The summed E-state index contributed by atoms with van der Waals surface area (Å²) in [6.45, 7) is 0.185. The molecule has 0 fully saturated rings. The van der Waals surface area contributed by atoms with Gasteiger partial charge in [0.2, 0.25) is 0 Å². The van der Waals surface area contributed by atoms with E-state index in [9.17, 15) is 9.18 Å². The second-order valence-electron chi connectivity index (χ2n) is 5.62. The fourth-order valence-electron chi connectivity index (χ4n) is 2.53. The molecule has 1 aromatic carbocycles. The Kier molecular flexibility index (Phi) is 4.63. The lowest BCUT2D eigenvalue weighted by Crippen LogP contribution is -2.14. The Balaban J connectivity index is 1.57. The van der Waals surface area contributed by atoms with E-state index in [1.165, 1.54) is 21.5 Å². The smallest absolute Gasteiger partial charge is 0.278 e. The molecule has 0 saturated carbocycles. The van der Waals surface area contributed by atoms with Crippen molar-refractivity contribution in [3.05, 3.63) is 75.5 Å². The summed E-state index contributed by atoms with van der Waals surface area (Å²) in [6.07, 6.45) is 4.80. The van der Waals surface area contributed by atoms with Crippen molar-refractivity contribution in [1.82, 2.24) is 24.4 Å². The molecule has 1 amide bonds. The van der Waals surface area contributed by atoms with E-state index in [0.29, 0.717) is 15.7 Å². The van der Waals surface area contributed by atoms with Crippen molar-refractivity contribution >= 4 is 44.9 Å². The normalized spacial score (nSPS) is 11.1. The van der Waals surface area contributed by atoms with Crippen LogP contribution in [-0.2, 0) is 6.54 Å². The highest BCUT2D eigenvalue weighted by atomic mass is 79.9. The molecule has 0 aliphatic heterocycles. The quantitative estimate of drug-likeness (QED) is 0.514. The third-order valence-electron chi connectivity index (χ3n) is 3.79. The van der Waals surface area contributed by atoms with E-state index in [1.54, 1.807) is 36.7 Å². The van der Waals surface area contributed by atoms with E-state index in [4.69, 9.17) is 11.6 Å². The van der Waals surface area contributed by atoms with E-state index >= 15 is 0 Å². The highest BCUT2D eigenvalue weighted by Crippen LogP contribution is 2.24. The molecule has 0 saturated heterocycles. The van der Waals surface area contributed by atoms with E-state index in [-0.39, 0.29) is 28.9 Å². The summed E-state index contributed by atoms with van der Waals surface area (Å²) in [5, 5.41) is 11.3. The second-order valence-corrected chi connectivity index (χ2v) is 6.82. The van der Waals surface area contributed by atoms with Crippen LogP contribution in [0.3, 0.4) is 0 Å². The molecule has 0 unspecified atom stereocenters. The number of nitrogens with one attached hydrogen (secondary N) is 1. The van der Waals surface area contributed by atoms with Crippen molar-refractivity contribution in [2.75, 3.05) is 5.32 Å². The Morgan fingerprint density at radius 2 is 2.07 bits per heavy atom. The molecule has 3 heterocycles. The lowest BCUT2D eigenvalue weighted by atomic mass is 10.2. The number of benzene rings is 1. The lowest BCUT2D eigenvalue weighted by Gasteiger charge is -2.03. The topological polar surface area (TPSA) is 77.1 Å². The SMILES string of the molecule is O=C(Nc1nn(Cc2ccccc2F)cc1Cl)c1nn2cccnc2c1Br. The molecule has 0 aliphatic carbocycles. The number of fused-ring (bicyclic) bond motifs is 1. The molecule has 3 aromatic heterocycles. The Bertz CT molecular complexity index is 1160. The summed E-state index contributed by atoms with van der Waals surface area (Å²) < 4.78 is 17.2. The predicted molar refractivity (Wildman–Crippen MR) is 101 cm³/mol. The number of rotatable bonds is 4. The fraction of sp³-hybridized carbons (Fsp3) is 0.0588. The van der Waals surface area contributed by atoms with Gasteiger partial charge in [-0.1, -0.05) is 29.8 Å². The molecule has 1 N–H and O–H groups in total. The summed E-state index contributed by atoms with van der Waals surface area (Å²) in [5.74, 6) is -0.670. The third-order valence-corrected chi connectivity index (χ3v) is 4.80. The monoisotopic (exact) mass is 448 g/mol. The number of anilines is 1. The highest BCUT2D eigenvalue weighted by molar-refractivity contribution is 9.10. The number of nitrogens with zero attached hydrogens (tertiary/aromatic N) is 5. The van der Waals surface area contributed by atoms with Crippen LogP contribution in [0.2, 0.25) is 5.02 Å². The number of carbonyl (C=O) groups is 1. The van der Waals surface area contributed by atoms with Crippen LogP contribution in [0.5, 0.6) is 0 Å². The van der Waals surface area contributed by atoms with Crippen molar-refractivity contribution < 1.29 is 9.18 Å². The average molecular weight is 450 g/mol. The first-order valence-corrected chi connectivity index (χ1v) is 8.96.